The third-order valence-corrected chi connectivity index (χ3v) is 5.81. The van der Waals surface area contributed by atoms with Gasteiger partial charge in [0.15, 0.2) is 0 Å². The lowest BCUT2D eigenvalue weighted by molar-refractivity contribution is 0.152. The van der Waals surface area contributed by atoms with Gasteiger partial charge in [0.05, 0.1) is 24.1 Å². The smallest absolute Gasteiger partial charge is 0.262 e. The van der Waals surface area contributed by atoms with Gasteiger partial charge in [-0.25, -0.2) is 9.97 Å². The fourth-order valence-corrected chi connectivity index (χ4v) is 4.03. The van der Waals surface area contributed by atoms with E-state index >= 15 is 0 Å². The summed E-state index contributed by atoms with van der Waals surface area (Å²) in [5.74, 6) is 0.477. The molecular weight excluding hydrogens is 416 g/mol. The second-order valence-electron chi connectivity index (χ2n) is 7.93. The fourth-order valence-electron chi connectivity index (χ4n) is 4.03. The summed E-state index contributed by atoms with van der Waals surface area (Å²) in [5, 5.41) is 6.89. The van der Waals surface area contributed by atoms with E-state index in [9.17, 15) is 4.79 Å². The average Bonchev–Trinajstić information content (AvgIpc) is 3.14. The normalized spacial score (nSPS) is 14.2. The molecule has 4 aromatic rings. The van der Waals surface area contributed by atoms with Crippen molar-refractivity contribution in [3.8, 4) is 11.3 Å². The number of ether oxygens (including phenoxy) is 1. The number of hydrogen-bond acceptors (Lipinski definition) is 7. The third-order valence-electron chi connectivity index (χ3n) is 5.81. The molecule has 0 radical (unpaired) electrons. The molecular formula is C25H26N6O2. The minimum absolute atomic E-state index is 0.228. The molecule has 1 aliphatic rings. The van der Waals surface area contributed by atoms with Gasteiger partial charge in [0.1, 0.15) is 11.2 Å². The first-order valence-corrected chi connectivity index (χ1v) is 11.1. The lowest BCUT2D eigenvalue weighted by atomic mass is 10.1. The van der Waals surface area contributed by atoms with Crippen LogP contribution in [-0.4, -0.2) is 48.3 Å². The summed E-state index contributed by atoms with van der Waals surface area (Å²) in [7, 11) is 1.88. The third kappa shape index (κ3) is 4.51. The number of nitrogens with one attached hydrogen (secondary N) is 3. The molecule has 8 nitrogen and oxygen atoms in total. The second-order valence-corrected chi connectivity index (χ2v) is 7.93. The summed E-state index contributed by atoms with van der Waals surface area (Å²) in [4.78, 5) is 26.8. The summed E-state index contributed by atoms with van der Waals surface area (Å²) < 4.78 is 5.56. The number of aromatic nitrogens is 3. The van der Waals surface area contributed by atoms with Crippen LogP contribution >= 0.6 is 0 Å². The lowest BCUT2D eigenvalue weighted by Gasteiger charge is -2.22. The van der Waals surface area contributed by atoms with Gasteiger partial charge in [-0.3, -0.25) is 4.79 Å². The Morgan fingerprint density at radius 1 is 1.00 bits per heavy atom. The molecule has 0 saturated carbocycles. The SMILES string of the molecule is CNc1ccc(-c2cc3nc[nH]c(=O)c3c(Nc3ccc(N4CCCOCC4)cc3)n2)cc1. The standard InChI is InChI=1S/C25H26N6O2/c1-26-18-5-3-17(4-6-18)21-15-22-23(25(32)28-16-27-22)24(30-21)29-19-7-9-20(10-8-19)31-11-2-13-33-14-12-31/h3-10,15-16,26H,2,11-14H2,1H3,(H,29,30)(H,27,28,32). The Balaban J connectivity index is 1.49. The Labute approximate surface area is 191 Å². The van der Waals surface area contributed by atoms with Crippen LogP contribution in [0.1, 0.15) is 6.42 Å². The summed E-state index contributed by atoms with van der Waals surface area (Å²) in [6.45, 7) is 3.42. The molecule has 0 atom stereocenters. The van der Waals surface area contributed by atoms with Crippen molar-refractivity contribution in [2.24, 2.45) is 0 Å². The molecule has 5 rings (SSSR count). The van der Waals surface area contributed by atoms with E-state index in [2.05, 4.69) is 37.6 Å². The van der Waals surface area contributed by atoms with Crippen LogP contribution in [0.4, 0.5) is 22.9 Å². The van der Waals surface area contributed by atoms with Gasteiger partial charge in [-0.15, -0.1) is 0 Å². The zero-order chi connectivity index (χ0) is 22.6. The second kappa shape index (κ2) is 9.30. The number of pyridine rings is 1. The Kier molecular flexibility index (Phi) is 5.91. The number of nitrogens with zero attached hydrogens (tertiary/aromatic N) is 3. The van der Waals surface area contributed by atoms with Gasteiger partial charge >= 0.3 is 0 Å². The van der Waals surface area contributed by atoms with E-state index < -0.39 is 0 Å². The molecule has 1 fully saturated rings. The van der Waals surface area contributed by atoms with E-state index in [4.69, 9.17) is 9.72 Å². The lowest BCUT2D eigenvalue weighted by Crippen LogP contribution is -2.25. The molecule has 0 amide bonds. The van der Waals surface area contributed by atoms with Crippen LogP contribution in [0.3, 0.4) is 0 Å². The van der Waals surface area contributed by atoms with Gasteiger partial charge in [-0.2, -0.15) is 0 Å². The monoisotopic (exact) mass is 442 g/mol. The summed E-state index contributed by atoms with van der Waals surface area (Å²) in [5.41, 5.74) is 5.07. The Hall–Kier alpha value is -3.91. The quantitative estimate of drug-likeness (QED) is 0.430. The average molecular weight is 443 g/mol. The van der Waals surface area contributed by atoms with Gasteiger partial charge < -0.3 is 25.3 Å². The summed E-state index contributed by atoms with van der Waals surface area (Å²) in [6, 6.07) is 18.0. The van der Waals surface area contributed by atoms with Crippen LogP contribution in [0, 0.1) is 0 Å². The van der Waals surface area contributed by atoms with Crippen molar-refractivity contribution in [2.45, 2.75) is 6.42 Å². The van der Waals surface area contributed by atoms with E-state index in [0.717, 1.165) is 61.0 Å². The van der Waals surface area contributed by atoms with Gasteiger partial charge in [0.25, 0.3) is 5.56 Å². The van der Waals surface area contributed by atoms with Crippen molar-refractivity contribution in [3.05, 3.63) is 71.3 Å². The van der Waals surface area contributed by atoms with Crippen LogP contribution in [-0.2, 0) is 4.74 Å². The molecule has 0 spiro atoms. The minimum atomic E-state index is -0.228. The zero-order valence-corrected chi connectivity index (χ0v) is 18.5. The van der Waals surface area contributed by atoms with Gasteiger partial charge in [-0.1, -0.05) is 12.1 Å². The molecule has 33 heavy (non-hydrogen) atoms. The minimum Gasteiger partial charge on any atom is -0.388 e. The van der Waals surface area contributed by atoms with E-state index in [1.165, 1.54) is 6.33 Å². The number of aromatic amines is 1. The van der Waals surface area contributed by atoms with Crippen LogP contribution in [0.5, 0.6) is 0 Å². The number of fused-ring (bicyclic) bond motifs is 1. The molecule has 2 aromatic heterocycles. The predicted molar refractivity (Wildman–Crippen MR) is 133 cm³/mol. The summed E-state index contributed by atoms with van der Waals surface area (Å²) in [6.07, 6.45) is 2.44. The van der Waals surface area contributed by atoms with Crippen LogP contribution < -0.4 is 21.1 Å². The van der Waals surface area contributed by atoms with Gasteiger partial charge in [0, 0.05) is 49.4 Å². The molecule has 168 valence electrons. The molecule has 1 saturated heterocycles. The maximum atomic E-state index is 12.6. The molecule has 2 aromatic carbocycles. The first kappa shape index (κ1) is 21.0. The van der Waals surface area contributed by atoms with Crippen LogP contribution in [0.15, 0.2) is 65.7 Å². The van der Waals surface area contributed by atoms with Crippen molar-refractivity contribution in [3.63, 3.8) is 0 Å². The van der Waals surface area contributed by atoms with Crippen LogP contribution in [0.2, 0.25) is 0 Å². The van der Waals surface area contributed by atoms with Crippen LogP contribution in [0.25, 0.3) is 22.2 Å². The number of benzene rings is 2. The van der Waals surface area contributed by atoms with E-state index in [1.807, 2.05) is 49.5 Å². The fraction of sp³-hybridized carbons (Fsp3) is 0.240. The van der Waals surface area contributed by atoms with Crippen molar-refractivity contribution < 1.29 is 4.74 Å². The molecule has 0 bridgehead atoms. The van der Waals surface area contributed by atoms with E-state index in [1.54, 1.807) is 0 Å². The predicted octanol–water partition coefficient (Wildman–Crippen LogP) is 4.00. The van der Waals surface area contributed by atoms with Gasteiger partial charge in [-0.05, 0) is 48.9 Å². The van der Waals surface area contributed by atoms with E-state index in [-0.39, 0.29) is 5.56 Å². The molecule has 0 unspecified atom stereocenters. The molecule has 8 heteroatoms. The molecule has 1 aliphatic heterocycles. The first-order valence-electron chi connectivity index (χ1n) is 11.1. The summed E-state index contributed by atoms with van der Waals surface area (Å²) >= 11 is 0. The molecule has 3 heterocycles. The first-order chi connectivity index (χ1) is 16.2. The van der Waals surface area contributed by atoms with Crippen molar-refractivity contribution >= 4 is 33.8 Å². The van der Waals surface area contributed by atoms with Crippen molar-refractivity contribution in [2.75, 3.05) is 48.9 Å². The highest BCUT2D eigenvalue weighted by Gasteiger charge is 2.14. The Morgan fingerprint density at radius 2 is 1.79 bits per heavy atom. The van der Waals surface area contributed by atoms with Crippen molar-refractivity contribution in [1.29, 1.82) is 0 Å². The van der Waals surface area contributed by atoms with Crippen molar-refractivity contribution in [1.82, 2.24) is 15.0 Å². The molecule has 0 aliphatic carbocycles. The Morgan fingerprint density at radius 3 is 2.58 bits per heavy atom. The number of anilines is 4. The highest BCUT2D eigenvalue weighted by Crippen LogP contribution is 2.28. The highest BCUT2D eigenvalue weighted by atomic mass is 16.5. The number of rotatable bonds is 5. The Bertz CT molecular complexity index is 1290. The maximum Gasteiger partial charge on any atom is 0.262 e. The largest absolute Gasteiger partial charge is 0.388 e. The zero-order valence-electron chi connectivity index (χ0n) is 18.5. The molecule has 3 N–H and O–H groups in total. The highest BCUT2D eigenvalue weighted by molar-refractivity contribution is 5.92. The maximum absolute atomic E-state index is 12.6. The topological polar surface area (TPSA) is 95.2 Å². The number of H-pyrrole nitrogens is 1. The number of hydrogen-bond donors (Lipinski definition) is 3. The van der Waals surface area contributed by atoms with Gasteiger partial charge in [0.2, 0.25) is 0 Å². The van der Waals surface area contributed by atoms with E-state index in [0.29, 0.717) is 16.7 Å².